The summed E-state index contributed by atoms with van der Waals surface area (Å²) in [6.07, 6.45) is -0.260. The number of nitrogens with one attached hydrogen (secondary N) is 1. The van der Waals surface area contributed by atoms with Crippen LogP contribution < -0.4 is 15.0 Å². The lowest BCUT2D eigenvalue weighted by atomic mass is 10.0. The molecule has 1 aliphatic heterocycles. The van der Waals surface area contributed by atoms with Gasteiger partial charge in [0, 0.05) is 50.5 Å². The van der Waals surface area contributed by atoms with Gasteiger partial charge in [-0.3, -0.25) is 4.79 Å². The average Bonchev–Trinajstić information content (AvgIpc) is 2.87. The third kappa shape index (κ3) is 6.63. The lowest BCUT2D eigenvalue weighted by Crippen LogP contribution is -2.48. The van der Waals surface area contributed by atoms with Crippen molar-refractivity contribution >= 4 is 23.3 Å². The minimum absolute atomic E-state index is 0.0813. The normalized spacial score (nSPS) is 18.9. The standard InChI is InChI=1S/C26H35FN4O4/c1-17-14-31(18(2)16-32)25(33)13-19-12-22(29(3)4)10-11-23(19)35-24(17)15-30(5)26(34)28-21-8-6-20(27)7-9-21/h6-12,17-18,24,32H,13-16H2,1-5H3,(H,28,34)/t17-,18-,24-/m1/s1. The van der Waals surface area contributed by atoms with Crippen LogP contribution in [0.2, 0.25) is 0 Å². The molecule has 2 aromatic carbocycles. The van der Waals surface area contributed by atoms with E-state index in [1.54, 1.807) is 11.9 Å². The topological polar surface area (TPSA) is 85.4 Å². The summed E-state index contributed by atoms with van der Waals surface area (Å²) in [4.78, 5) is 31.2. The number of urea groups is 1. The molecule has 2 N–H and O–H groups in total. The first-order chi connectivity index (χ1) is 16.6. The molecule has 0 aliphatic carbocycles. The van der Waals surface area contributed by atoms with Gasteiger partial charge in [0.1, 0.15) is 17.7 Å². The molecule has 0 radical (unpaired) electrons. The van der Waals surface area contributed by atoms with Crippen molar-refractivity contribution in [2.45, 2.75) is 32.4 Å². The predicted octanol–water partition coefficient (Wildman–Crippen LogP) is 3.20. The number of carbonyl (C=O) groups excluding carboxylic acids is 2. The van der Waals surface area contributed by atoms with E-state index >= 15 is 0 Å². The molecule has 3 atom stereocenters. The summed E-state index contributed by atoms with van der Waals surface area (Å²) in [6, 6.07) is 10.6. The average molecular weight is 487 g/mol. The Morgan fingerprint density at radius 1 is 1.23 bits per heavy atom. The zero-order valence-electron chi connectivity index (χ0n) is 21.0. The number of ether oxygens (including phenoxy) is 1. The molecule has 9 heteroatoms. The molecular formula is C26H35FN4O4. The number of aliphatic hydroxyl groups is 1. The van der Waals surface area contributed by atoms with Gasteiger partial charge >= 0.3 is 6.03 Å². The molecule has 0 spiro atoms. The van der Waals surface area contributed by atoms with Gasteiger partial charge < -0.3 is 29.9 Å². The van der Waals surface area contributed by atoms with Crippen LogP contribution in [0.1, 0.15) is 19.4 Å². The number of aliphatic hydroxyl groups excluding tert-OH is 1. The van der Waals surface area contributed by atoms with Gasteiger partial charge in [-0.2, -0.15) is 0 Å². The Morgan fingerprint density at radius 3 is 2.54 bits per heavy atom. The van der Waals surface area contributed by atoms with Crippen molar-refractivity contribution in [3.8, 4) is 5.75 Å². The minimum atomic E-state index is -0.415. The highest BCUT2D eigenvalue weighted by Gasteiger charge is 2.32. The van der Waals surface area contributed by atoms with Crippen molar-refractivity contribution < 1.29 is 23.8 Å². The van der Waals surface area contributed by atoms with Gasteiger partial charge in [-0.25, -0.2) is 9.18 Å². The van der Waals surface area contributed by atoms with E-state index in [4.69, 9.17) is 4.74 Å². The molecule has 0 aromatic heterocycles. The highest BCUT2D eigenvalue weighted by molar-refractivity contribution is 5.89. The fourth-order valence-electron chi connectivity index (χ4n) is 4.02. The second kappa shape index (κ2) is 11.4. The number of benzene rings is 2. The van der Waals surface area contributed by atoms with Gasteiger partial charge in [0.25, 0.3) is 0 Å². The molecule has 0 fully saturated rings. The molecule has 3 rings (SSSR count). The van der Waals surface area contributed by atoms with Gasteiger partial charge in [0.2, 0.25) is 5.91 Å². The van der Waals surface area contributed by atoms with Gasteiger partial charge in [-0.15, -0.1) is 0 Å². The summed E-state index contributed by atoms with van der Waals surface area (Å²) >= 11 is 0. The number of carbonyl (C=O) groups is 2. The van der Waals surface area contributed by atoms with E-state index < -0.39 is 6.10 Å². The van der Waals surface area contributed by atoms with Crippen molar-refractivity contribution in [1.29, 1.82) is 0 Å². The second-order valence-corrected chi connectivity index (χ2v) is 9.39. The summed E-state index contributed by atoms with van der Waals surface area (Å²) < 4.78 is 19.6. The van der Waals surface area contributed by atoms with E-state index in [0.29, 0.717) is 18.0 Å². The fraction of sp³-hybridized carbons (Fsp3) is 0.462. The minimum Gasteiger partial charge on any atom is -0.488 e. The monoisotopic (exact) mass is 486 g/mol. The van der Waals surface area contributed by atoms with Crippen LogP contribution in [0.25, 0.3) is 0 Å². The van der Waals surface area contributed by atoms with Crippen molar-refractivity contribution in [2.24, 2.45) is 5.92 Å². The summed E-state index contributed by atoms with van der Waals surface area (Å²) in [5.41, 5.74) is 2.19. The molecule has 2 aromatic rings. The van der Waals surface area contributed by atoms with Crippen LogP contribution in [-0.4, -0.2) is 79.8 Å². The second-order valence-electron chi connectivity index (χ2n) is 9.39. The molecule has 0 saturated heterocycles. The zero-order chi connectivity index (χ0) is 25.7. The number of amides is 3. The van der Waals surface area contributed by atoms with Crippen molar-refractivity contribution in [3.05, 3.63) is 53.8 Å². The molecule has 3 amide bonds. The number of rotatable bonds is 6. The Morgan fingerprint density at radius 2 is 1.91 bits per heavy atom. The van der Waals surface area contributed by atoms with Crippen LogP contribution in [0, 0.1) is 11.7 Å². The van der Waals surface area contributed by atoms with Gasteiger partial charge in [-0.1, -0.05) is 6.92 Å². The van der Waals surface area contributed by atoms with Crippen molar-refractivity contribution in [2.75, 3.05) is 51.1 Å². The Labute approximate surface area is 206 Å². The first-order valence-electron chi connectivity index (χ1n) is 11.7. The van der Waals surface area contributed by atoms with Crippen LogP contribution in [0.3, 0.4) is 0 Å². The summed E-state index contributed by atoms with van der Waals surface area (Å²) in [6.45, 7) is 4.29. The molecule has 0 unspecified atom stereocenters. The van der Waals surface area contributed by atoms with Crippen LogP contribution in [0.4, 0.5) is 20.6 Å². The van der Waals surface area contributed by atoms with Gasteiger partial charge in [-0.05, 0) is 49.4 Å². The smallest absolute Gasteiger partial charge is 0.321 e. The fourth-order valence-corrected chi connectivity index (χ4v) is 4.02. The zero-order valence-corrected chi connectivity index (χ0v) is 21.0. The Kier molecular flexibility index (Phi) is 8.56. The largest absolute Gasteiger partial charge is 0.488 e. The molecule has 0 bridgehead atoms. The first-order valence-corrected chi connectivity index (χ1v) is 11.7. The molecule has 35 heavy (non-hydrogen) atoms. The predicted molar refractivity (Wildman–Crippen MR) is 134 cm³/mol. The maximum Gasteiger partial charge on any atom is 0.321 e. The van der Waals surface area contributed by atoms with Crippen molar-refractivity contribution in [1.82, 2.24) is 9.80 Å². The Balaban J connectivity index is 1.86. The van der Waals surface area contributed by atoms with E-state index in [9.17, 15) is 19.1 Å². The van der Waals surface area contributed by atoms with E-state index in [0.717, 1.165) is 11.3 Å². The van der Waals surface area contributed by atoms with E-state index in [-0.39, 0.29) is 49.3 Å². The SMILES string of the molecule is C[C@@H]1CN([C@H](C)CO)C(=O)Cc2cc(N(C)C)ccc2O[C@@H]1CN(C)C(=O)Nc1ccc(F)cc1. The molecule has 1 aliphatic rings. The number of hydrogen-bond donors (Lipinski definition) is 2. The molecule has 1 heterocycles. The maximum absolute atomic E-state index is 13.2. The summed E-state index contributed by atoms with van der Waals surface area (Å²) in [7, 11) is 5.52. The third-order valence-corrected chi connectivity index (χ3v) is 6.31. The Bertz CT molecular complexity index is 1030. The number of halogens is 1. The molecular weight excluding hydrogens is 451 g/mol. The van der Waals surface area contributed by atoms with Crippen LogP contribution in [0.5, 0.6) is 5.75 Å². The van der Waals surface area contributed by atoms with Crippen LogP contribution >= 0.6 is 0 Å². The van der Waals surface area contributed by atoms with Gasteiger partial charge in [0.05, 0.1) is 25.6 Å². The Hall–Kier alpha value is -3.33. The van der Waals surface area contributed by atoms with Crippen molar-refractivity contribution in [3.63, 3.8) is 0 Å². The summed E-state index contributed by atoms with van der Waals surface area (Å²) in [5.74, 6) is 0.0128. The lowest BCUT2D eigenvalue weighted by molar-refractivity contribution is -0.134. The quantitative estimate of drug-likeness (QED) is 0.655. The lowest BCUT2D eigenvalue weighted by Gasteiger charge is -2.34. The van der Waals surface area contributed by atoms with Crippen LogP contribution in [0.15, 0.2) is 42.5 Å². The maximum atomic E-state index is 13.2. The van der Waals surface area contributed by atoms with Gasteiger partial charge in [0.15, 0.2) is 0 Å². The van der Waals surface area contributed by atoms with Crippen LogP contribution in [-0.2, 0) is 11.2 Å². The number of hydrogen-bond acceptors (Lipinski definition) is 5. The van der Waals surface area contributed by atoms with E-state index in [1.165, 1.54) is 29.2 Å². The number of fused-ring (bicyclic) bond motifs is 1. The molecule has 0 saturated carbocycles. The van der Waals surface area contributed by atoms with E-state index in [1.807, 2.05) is 51.0 Å². The first kappa shape index (κ1) is 26.3. The third-order valence-electron chi connectivity index (χ3n) is 6.31. The molecule has 8 nitrogen and oxygen atoms in total. The highest BCUT2D eigenvalue weighted by atomic mass is 19.1. The van der Waals surface area contributed by atoms with E-state index in [2.05, 4.69) is 5.32 Å². The number of likely N-dealkylation sites (N-methyl/N-ethyl adjacent to an activating group) is 1. The molecule has 190 valence electrons. The number of anilines is 2. The summed E-state index contributed by atoms with van der Waals surface area (Å²) in [5, 5.41) is 12.5. The highest BCUT2D eigenvalue weighted by Crippen LogP contribution is 2.30. The number of nitrogens with zero attached hydrogens (tertiary/aromatic N) is 3.